The van der Waals surface area contributed by atoms with E-state index in [-0.39, 0.29) is 25.1 Å². The molecule has 1 atom stereocenters. The van der Waals surface area contributed by atoms with Gasteiger partial charge >= 0.3 is 18.4 Å². The van der Waals surface area contributed by atoms with Crippen molar-refractivity contribution >= 4 is 18.5 Å². The zero-order chi connectivity index (χ0) is 19.2. The lowest BCUT2D eigenvalue weighted by molar-refractivity contribution is -0.144. The molecule has 1 saturated heterocycles. The van der Waals surface area contributed by atoms with Crippen LogP contribution in [-0.2, 0) is 17.1 Å². The molecule has 0 unspecified atom stereocenters. The fourth-order valence-electron chi connectivity index (χ4n) is 2.64. The van der Waals surface area contributed by atoms with Crippen LogP contribution >= 0.6 is 12.4 Å². The molecule has 0 radical (unpaired) electrons. The molecule has 1 heterocycles. The maximum absolute atomic E-state index is 13.5. The van der Waals surface area contributed by atoms with Gasteiger partial charge in [0.1, 0.15) is 12.4 Å². The molecule has 1 aromatic rings. The highest BCUT2D eigenvalue weighted by atomic mass is 35.5. The maximum Gasteiger partial charge on any atom is 0.416 e. The number of benzene rings is 1. The largest absolute Gasteiger partial charge is 0.496 e. The molecule has 1 aliphatic heterocycles. The van der Waals surface area contributed by atoms with Gasteiger partial charge in [-0.15, -0.1) is 12.4 Å². The van der Waals surface area contributed by atoms with E-state index in [0.29, 0.717) is 6.07 Å². The number of carbonyl (C=O) groups excluding carboxylic acids is 1. The molecule has 1 aliphatic rings. The zero-order valence-electron chi connectivity index (χ0n) is 13.8. The molecule has 4 nitrogen and oxygen atoms in total. The van der Waals surface area contributed by atoms with Crippen molar-refractivity contribution < 1.29 is 40.6 Å². The van der Waals surface area contributed by atoms with E-state index in [1.54, 1.807) is 0 Å². The van der Waals surface area contributed by atoms with Gasteiger partial charge in [0.25, 0.3) is 0 Å². The van der Waals surface area contributed by atoms with Crippen molar-refractivity contribution in [3.8, 4) is 5.75 Å². The summed E-state index contributed by atoms with van der Waals surface area (Å²) in [5.74, 6) is -0.609. The van der Waals surface area contributed by atoms with Gasteiger partial charge in [-0.2, -0.15) is 26.3 Å². The minimum atomic E-state index is -5.08. The van der Waals surface area contributed by atoms with Crippen LogP contribution in [0.25, 0.3) is 0 Å². The fourth-order valence-corrected chi connectivity index (χ4v) is 2.64. The van der Waals surface area contributed by atoms with Crippen molar-refractivity contribution in [3.05, 3.63) is 28.8 Å². The number of cyclic esters (lactones) is 1. The van der Waals surface area contributed by atoms with Crippen LogP contribution in [0, 0.1) is 5.41 Å². The molecule has 1 fully saturated rings. The Labute approximate surface area is 151 Å². The van der Waals surface area contributed by atoms with E-state index in [1.165, 1.54) is 13.8 Å². The van der Waals surface area contributed by atoms with Gasteiger partial charge in [-0.1, -0.05) is 13.8 Å². The van der Waals surface area contributed by atoms with E-state index >= 15 is 0 Å². The minimum absolute atomic E-state index is 0. The Bertz CT molecular complexity index is 687. The van der Waals surface area contributed by atoms with Crippen LogP contribution in [0.15, 0.2) is 12.1 Å². The van der Waals surface area contributed by atoms with Crippen LogP contribution in [-0.4, -0.2) is 19.8 Å². The van der Waals surface area contributed by atoms with Gasteiger partial charge in [0.15, 0.2) is 0 Å². The molecule has 148 valence electrons. The summed E-state index contributed by atoms with van der Waals surface area (Å²) in [4.78, 5) is 11.5. The normalized spacial score (nSPS) is 19.9. The second-order valence-electron chi connectivity index (χ2n) is 6.28. The molecule has 2 rings (SSSR count). The van der Waals surface area contributed by atoms with Crippen LogP contribution < -0.4 is 10.1 Å². The van der Waals surface area contributed by atoms with Gasteiger partial charge < -0.3 is 14.8 Å². The lowest BCUT2D eigenvalue weighted by atomic mass is 9.78. The number of methoxy groups -OCH3 is 1. The van der Waals surface area contributed by atoms with Crippen LogP contribution in [0.1, 0.15) is 36.6 Å². The molecule has 1 amide bonds. The summed E-state index contributed by atoms with van der Waals surface area (Å²) in [5.41, 5.74) is -4.58. The van der Waals surface area contributed by atoms with Crippen LogP contribution in [0.5, 0.6) is 5.75 Å². The monoisotopic (exact) mass is 407 g/mol. The van der Waals surface area contributed by atoms with E-state index < -0.39 is 52.3 Å². The van der Waals surface area contributed by atoms with Crippen molar-refractivity contribution in [3.63, 3.8) is 0 Å². The van der Waals surface area contributed by atoms with E-state index in [2.05, 4.69) is 5.32 Å². The molecular formula is C15H16ClF6NO3. The number of ether oxygens (including phenoxy) is 2. The average molecular weight is 408 g/mol. The molecule has 0 saturated carbocycles. The molecule has 1 aromatic carbocycles. The predicted octanol–water partition coefficient (Wildman–Crippen LogP) is 4.96. The average Bonchev–Trinajstić information content (AvgIpc) is 2.46. The van der Waals surface area contributed by atoms with Gasteiger partial charge in [0.05, 0.1) is 24.3 Å². The molecule has 0 aliphatic carbocycles. The SMILES string of the molecule is COc1cc(C(F)(F)F)cc(C(F)(F)F)c1[C@H]1NC(=O)OCC1(C)C.Cl. The highest BCUT2D eigenvalue weighted by molar-refractivity contribution is 5.85. The third-order valence-corrected chi connectivity index (χ3v) is 3.90. The summed E-state index contributed by atoms with van der Waals surface area (Å²) < 4.78 is 88.8. The fraction of sp³-hybridized carbons (Fsp3) is 0.533. The number of nitrogens with one attached hydrogen (secondary N) is 1. The molecule has 0 spiro atoms. The zero-order valence-corrected chi connectivity index (χ0v) is 14.7. The summed E-state index contributed by atoms with van der Waals surface area (Å²) >= 11 is 0. The van der Waals surface area contributed by atoms with Crippen LogP contribution in [0.3, 0.4) is 0 Å². The van der Waals surface area contributed by atoms with E-state index in [4.69, 9.17) is 9.47 Å². The van der Waals surface area contributed by atoms with Gasteiger partial charge in [-0.25, -0.2) is 4.79 Å². The predicted molar refractivity (Wildman–Crippen MR) is 81.3 cm³/mol. The van der Waals surface area contributed by atoms with Crippen molar-refractivity contribution in [1.82, 2.24) is 5.32 Å². The van der Waals surface area contributed by atoms with Gasteiger partial charge in [0, 0.05) is 11.0 Å². The van der Waals surface area contributed by atoms with Gasteiger partial charge in [0.2, 0.25) is 0 Å². The highest BCUT2D eigenvalue weighted by Gasteiger charge is 2.47. The number of amides is 1. The lowest BCUT2D eigenvalue weighted by Crippen LogP contribution is -2.47. The van der Waals surface area contributed by atoms with Crippen molar-refractivity contribution in [2.75, 3.05) is 13.7 Å². The second kappa shape index (κ2) is 7.05. The number of halogens is 7. The molecule has 1 N–H and O–H groups in total. The molecule has 0 aromatic heterocycles. The van der Waals surface area contributed by atoms with Gasteiger partial charge in [-0.3, -0.25) is 0 Å². The summed E-state index contributed by atoms with van der Waals surface area (Å²) in [6.45, 7) is 2.84. The summed E-state index contributed by atoms with van der Waals surface area (Å²) in [7, 11) is 0.966. The van der Waals surface area contributed by atoms with E-state index in [9.17, 15) is 31.1 Å². The van der Waals surface area contributed by atoms with Crippen LogP contribution in [0.4, 0.5) is 31.1 Å². The Morgan fingerprint density at radius 1 is 1.15 bits per heavy atom. The first-order valence-electron chi connectivity index (χ1n) is 7.07. The Morgan fingerprint density at radius 2 is 1.73 bits per heavy atom. The quantitative estimate of drug-likeness (QED) is 0.705. The number of alkyl halides is 6. The third kappa shape index (κ3) is 4.28. The van der Waals surface area contributed by atoms with Crippen molar-refractivity contribution in [1.29, 1.82) is 0 Å². The highest BCUT2D eigenvalue weighted by Crippen LogP contribution is 2.48. The Morgan fingerprint density at radius 3 is 2.19 bits per heavy atom. The standard InChI is InChI=1S/C15H15F6NO3.ClH/c1-13(2)6-25-12(23)22-11(13)10-8(15(19,20)21)4-7(14(16,17)18)5-9(10)24-3;/h4-5,11H,6H2,1-3H3,(H,22,23);1H/t11-;/m1./s1. The van der Waals surface area contributed by atoms with Gasteiger partial charge in [-0.05, 0) is 12.1 Å². The maximum atomic E-state index is 13.5. The smallest absolute Gasteiger partial charge is 0.416 e. The third-order valence-electron chi connectivity index (χ3n) is 3.90. The summed E-state index contributed by atoms with van der Waals surface area (Å²) in [6, 6.07) is -0.736. The Kier molecular flexibility index (Phi) is 6.02. The van der Waals surface area contributed by atoms with E-state index in [0.717, 1.165) is 7.11 Å². The molecular weight excluding hydrogens is 392 g/mol. The number of carbonyl (C=O) groups is 1. The lowest BCUT2D eigenvalue weighted by Gasteiger charge is -2.40. The Balaban J connectivity index is 0.00000338. The van der Waals surface area contributed by atoms with Crippen LogP contribution in [0.2, 0.25) is 0 Å². The number of hydrogen-bond donors (Lipinski definition) is 1. The molecule has 0 bridgehead atoms. The van der Waals surface area contributed by atoms with Crippen molar-refractivity contribution in [2.24, 2.45) is 5.41 Å². The first kappa shape index (κ1) is 22.2. The number of alkyl carbamates (subject to hydrolysis) is 1. The topological polar surface area (TPSA) is 47.6 Å². The first-order chi connectivity index (χ1) is 11.3. The molecule has 11 heteroatoms. The second-order valence-corrected chi connectivity index (χ2v) is 6.28. The summed E-state index contributed by atoms with van der Waals surface area (Å²) in [5, 5.41) is 2.25. The number of rotatable bonds is 2. The number of hydrogen-bond acceptors (Lipinski definition) is 3. The Hall–Kier alpha value is -1.84. The minimum Gasteiger partial charge on any atom is -0.496 e. The van der Waals surface area contributed by atoms with E-state index in [1.807, 2.05) is 0 Å². The molecule has 26 heavy (non-hydrogen) atoms. The van der Waals surface area contributed by atoms with Crippen molar-refractivity contribution in [2.45, 2.75) is 32.2 Å². The first-order valence-corrected chi connectivity index (χ1v) is 7.07. The summed E-state index contributed by atoms with van der Waals surface area (Å²) in [6.07, 6.45) is -11.0.